The van der Waals surface area contributed by atoms with Crippen LogP contribution in [-0.2, 0) is 0 Å². The zero-order valence-electron chi connectivity index (χ0n) is 8.91. The number of carbonyl (C=O) groups excluding carboxylic acids is 1. The van der Waals surface area contributed by atoms with Gasteiger partial charge in [0, 0.05) is 12.7 Å². The molecule has 1 rings (SSSR count). The Bertz CT molecular complexity index is 349. The van der Waals surface area contributed by atoms with E-state index in [2.05, 4.69) is 10.3 Å². The second-order valence-corrected chi connectivity index (χ2v) is 2.80. The highest BCUT2D eigenvalue weighted by atomic mass is 32.1. The molecule has 0 bridgehead atoms. The molecule has 0 unspecified atom stereocenters. The van der Waals surface area contributed by atoms with Gasteiger partial charge in [-0.05, 0) is 12.1 Å². The number of aliphatic hydroxyl groups excluding tert-OH is 1. The molecule has 4 nitrogen and oxygen atoms in total. The standard InChI is InChI=1S/C8H10N2O2S.C2H6/c11-5-4-9-7(12)6-2-1-3-10-8(6)13;1-2/h1-3,11H,4-5H2,(H,9,12)(H,10,13);1-2H3. The summed E-state index contributed by atoms with van der Waals surface area (Å²) in [7, 11) is 0. The normalized spacial score (nSPS) is 8.73. The van der Waals surface area contributed by atoms with Crippen molar-refractivity contribution in [3.05, 3.63) is 28.5 Å². The van der Waals surface area contributed by atoms with Crippen molar-refractivity contribution in [2.75, 3.05) is 13.2 Å². The van der Waals surface area contributed by atoms with Gasteiger partial charge in [0.05, 0.1) is 12.2 Å². The van der Waals surface area contributed by atoms with Gasteiger partial charge in [0.25, 0.3) is 5.91 Å². The smallest absolute Gasteiger partial charge is 0.254 e. The number of aromatic nitrogens is 1. The second kappa shape index (κ2) is 8.14. The number of aliphatic hydroxyl groups is 1. The van der Waals surface area contributed by atoms with E-state index in [0.29, 0.717) is 10.2 Å². The van der Waals surface area contributed by atoms with Crippen LogP contribution in [0, 0.1) is 4.64 Å². The Labute approximate surface area is 94.3 Å². The zero-order valence-corrected chi connectivity index (χ0v) is 9.73. The van der Waals surface area contributed by atoms with Gasteiger partial charge in [-0.15, -0.1) is 0 Å². The molecule has 1 heterocycles. The molecule has 5 heteroatoms. The topological polar surface area (TPSA) is 65.1 Å². The number of amides is 1. The minimum Gasteiger partial charge on any atom is -0.395 e. The predicted octanol–water partition coefficient (Wildman–Crippen LogP) is 1.49. The van der Waals surface area contributed by atoms with Crippen molar-refractivity contribution in [2.45, 2.75) is 13.8 Å². The van der Waals surface area contributed by atoms with Crippen molar-refractivity contribution in [3.8, 4) is 0 Å². The van der Waals surface area contributed by atoms with Crippen LogP contribution in [0.25, 0.3) is 0 Å². The monoisotopic (exact) mass is 228 g/mol. The summed E-state index contributed by atoms with van der Waals surface area (Å²) in [4.78, 5) is 14.1. The first-order valence-corrected chi connectivity index (χ1v) is 5.23. The fourth-order valence-corrected chi connectivity index (χ4v) is 1.09. The lowest BCUT2D eigenvalue weighted by Crippen LogP contribution is -2.26. The minimum absolute atomic E-state index is 0.0744. The summed E-state index contributed by atoms with van der Waals surface area (Å²) < 4.78 is 0.401. The number of rotatable bonds is 3. The Balaban J connectivity index is 0.000000921. The van der Waals surface area contributed by atoms with Crippen molar-refractivity contribution in [3.63, 3.8) is 0 Å². The number of hydrogen-bond acceptors (Lipinski definition) is 3. The third kappa shape index (κ3) is 4.71. The molecule has 1 amide bonds. The van der Waals surface area contributed by atoms with Crippen LogP contribution < -0.4 is 5.32 Å². The summed E-state index contributed by atoms with van der Waals surface area (Å²) >= 11 is 4.90. The predicted molar refractivity (Wildman–Crippen MR) is 62.4 cm³/mol. The van der Waals surface area contributed by atoms with Crippen molar-refractivity contribution < 1.29 is 9.90 Å². The van der Waals surface area contributed by atoms with Crippen molar-refractivity contribution in [1.82, 2.24) is 10.3 Å². The summed E-state index contributed by atoms with van der Waals surface area (Å²) in [6.07, 6.45) is 1.66. The molecule has 0 radical (unpaired) electrons. The maximum absolute atomic E-state index is 11.3. The van der Waals surface area contributed by atoms with E-state index < -0.39 is 0 Å². The number of hydrogen-bond donors (Lipinski definition) is 3. The van der Waals surface area contributed by atoms with Crippen molar-refractivity contribution in [1.29, 1.82) is 0 Å². The Kier molecular flexibility index (Phi) is 7.49. The van der Waals surface area contributed by atoms with E-state index in [1.807, 2.05) is 13.8 Å². The number of pyridine rings is 1. The van der Waals surface area contributed by atoms with E-state index in [1.54, 1.807) is 18.3 Å². The van der Waals surface area contributed by atoms with Gasteiger partial charge in [-0.2, -0.15) is 0 Å². The van der Waals surface area contributed by atoms with Crippen LogP contribution in [0.3, 0.4) is 0 Å². The summed E-state index contributed by atoms with van der Waals surface area (Å²) in [6.45, 7) is 4.16. The number of aromatic amines is 1. The second-order valence-electron chi connectivity index (χ2n) is 2.39. The molecule has 0 atom stereocenters. The highest BCUT2D eigenvalue weighted by Crippen LogP contribution is 1.98. The lowest BCUT2D eigenvalue weighted by atomic mass is 10.3. The summed E-state index contributed by atoms with van der Waals surface area (Å²) in [5.74, 6) is -0.268. The Morgan fingerprint density at radius 3 is 2.80 bits per heavy atom. The van der Waals surface area contributed by atoms with Gasteiger partial charge < -0.3 is 15.4 Å². The molecule has 84 valence electrons. The number of nitrogens with one attached hydrogen (secondary N) is 2. The molecule has 0 spiro atoms. The maximum atomic E-state index is 11.3. The molecule has 0 saturated heterocycles. The fourth-order valence-electron chi connectivity index (χ4n) is 0.865. The molecule has 15 heavy (non-hydrogen) atoms. The Morgan fingerprint density at radius 2 is 2.27 bits per heavy atom. The Morgan fingerprint density at radius 1 is 1.60 bits per heavy atom. The first-order chi connectivity index (χ1) is 7.25. The van der Waals surface area contributed by atoms with E-state index in [1.165, 1.54) is 0 Å². The van der Waals surface area contributed by atoms with Crippen LogP contribution in [0.4, 0.5) is 0 Å². The SMILES string of the molecule is CC.O=C(NCCO)c1ccc[nH]c1=S. The largest absolute Gasteiger partial charge is 0.395 e. The van der Waals surface area contributed by atoms with E-state index >= 15 is 0 Å². The lowest BCUT2D eigenvalue weighted by molar-refractivity contribution is 0.0944. The average Bonchev–Trinajstić information content (AvgIpc) is 2.29. The van der Waals surface area contributed by atoms with Crippen LogP contribution in [-0.4, -0.2) is 29.1 Å². The van der Waals surface area contributed by atoms with E-state index in [-0.39, 0.29) is 19.1 Å². The molecule has 0 aliphatic rings. The maximum Gasteiger partial charge on any atom is 0.254 e. The molecule has 0 aromatic carbocycles. The van der Waals surface area contributed by atoms with E-state index in [0.717, 1.165) is 0 Å². The van der Waals surface area contributed by atoms with Crippen LogP contribution >= 0.6 is 12.2 Å². The molecule has 3 N–H and O–H groups in total. The van der Waals surface area contributed by atoms with Gasteiger partial charge in [-0.3, -0.25) is 4.79 Å². The third-order valence-electron chi connectivity index (χ3n) is 1.46. The van der Waals surface area contributed by atoms with Gasteiger partial charge in [-0.25, -0.2) is 0 Å². The van der Waals surface area contributed by atoms with Crippen molar-refractivity contribution >= 4 is 18.1 Å². The Hall–Kier alpha value is -1.20. The minimum atomic E-state index is -0.268. The molecule has 0 fully saturated rings. The first kappa shape index (κ1) is 13.8. The summed E-state index contributed by atoms with van der Waals surface area (Å²) in [5.41, 5.74) is 0.422. The van der Waals surface area contributed by atoms with Gasteiger partial charge in [0.1, 0.15) is 4.64 Å². The van der Waals surface area contributed by atoms with E-state index in [4.69, 9.17) is 17.3 Å². The number of carbonyl (C=O) groups is 1. The highest BCUT2D eigenvalue weighted by molar-refractivity contribution is 7.71. The molecular formula is C10H16N2O2S. The average molecular weight is 228 g/mol. The molecular weight excluding hydrogens is 212 g/mol. The summed E-state index contributed by atoms with van der Waals surface area (Å²) in [6, 6.07) is 3.33. The van der Waals surface area contributed by atoms with Gasteiger partial charge in [0.15, 0.2) is 0 Å². The molecule has 0 saturated carbocycles. The molecule has 0 aliphatic heterocycles. The number of H-pyrrole nitrogens is 1. The molecule has 1 aromatic heterocycles. The fraction of sp³-hybridized carbons (Fsp3) is 0.400. The van der Waals surface area contributed by atoms with Crippen molar-refractivity contribution in [2.24, 2.45) is 0 Å². The zero-order chi connectivity index (χ0) is 11.7. The van der Waals surface area contributed by atoms with Crippen LogP contribution in [0.15, 0.2) is 18.3 Å². The van der Waals surface area contributed by atoms with E-state index in [9.17, 15) is 4.79 Å². The lowest BCUT2D eigenvalue weighted by Gasteiger charge is -2.01. The molecule has 1 aromatic rings. The van der Waals surface area contributed by atoms with Crippen LogP contribution in [0.5, 0.6) is 0 Å². The molecule has 0 aliphatic carbocycles. The van der Waals surface area contributed by atoms with Gasteiger partial charge >= 0.3 is 0 Å². The highest BCUT2D eigenvalue weighted by Gasteiger charge is 2.04. The van der Waals surface area contributed by atoms with Crippen LogP contribution in [0.1, 0.15) is 24.2 Å². The van der Waals surface area contributed by atoms with Gasteiger partial charge in [0.2, 0.25) is 0 Å². The first-order valence-electron chi connectivity index (χ1n) is 4.82. The third-order valence-corrected chi connectivity index (χ3v) is 1.80. The van der Waals surface area contributed by atoms with Gasteiger partial charge in [-0.1, -0.05) is 26.1 Å². The quantitative estimate of drug-likeness (QED) is 0.687. The summed E-state index contributed by atoms with van der Waals surface area (Å²) in [5, 5.41) is 11.0. The van der Waals surface area contributed by atoms with Crippen LogP contribution in [0.2, 0.25) is 0 Å².